The molecule has 18 heavy (non-hydrogen) atoms. The summed E-state index contributed by atoms with van der Waals surface area (Å²) in [6.07, 6.45) is 2.56. The summed E-state index contributed by atoms with van der Waals surface area (Å²) in [6, 6.07) is 12.0. The van der Waals surface area contributed by atoms with Crippen LogP contribution in [0.5, 0.6) is 0 Å². The molecule has 0 aliphatic rings. The molecule has 0 saturated carbocycles. The lowest BCUT2D eigenvalue weighted by molar-refractivity contribution is -0.445. The van der Waals surface area contributed by atoms with Crippen LogP contribution in [0.25, 0.3) is 0 Å². The molecule has 1 rings (SSSR count). The first kappa shape index (κ1) is 21.1. The van der Waals surface area contributed by atoms with Crippen molar-refractivity contribution >= 4 is 5.97 Å². The second-order valence-electron chi connectivity index (χ2n) is 2.43. The lowest BCUT2D eigenvalue weighted by atomic mass is 10.4. The number of benzene rings is 1. The van der Waals surface area contributed by atoms with Gasteiger partial charge in [-0.2, -0.15) is 0 Å². The highest BCUT2D eigenvalue weighted by atomic mass is 16.6. The molecular weight excluding hydrogens is 234 g/mol. The zero-order valence-corrected chi connectivity index (χ0v) is 11.2. The molecule has 0 bridgehead atoms. The SMILES string of the molecule is CC.CC=CC(=O)O.C[N+](=O)[O-].c1ccccc1. The zero-order valence-electron chi connectivity index (χ0n) is 11.2. The molecule has 0 radical (unpaired) electrons. The van der Waals surface area contributed by atoms with Crippen LogP contribution in [0.3, 0.4) is 0 Å². The zero-order chi connectivity index (χ0) is 14.8. The first-order valence-electron chi connectivity index (χ1n) is 5.44. The lowest BCUT2D eigenvalue weighted by Crippen LogP contribution is -1.83. The predicted molar refractivity (Wildman–Crippen MR) is 73.2 cm³/mol. The number of hydrogen-bond acceptors (Lipinski definition) is 3. The molecule has 0 fully saturated rings. The number of allylic oxidation sites excluding steroid dienone is 1. The van der Waals surface area contributed by atoms with Crippen LogP contribution in [0.2, 0.25) is 0 Å². The Morgan fingerprint density at radius 1 is 1.11 bits per heavy atom. The summed E-state index contributed by atoms with van der Waals surface area (Å²) in [7, 11) is 0.889. The van der Waals surface area contributed by atoms with E-state index in [1.807, 2.05) is 50.2 Å². The molecule has 5 nitrogen and oxygen atoms in total. The van der Waals surface area contributed by atoms with Gasteiger partial charge in [0.15, 0.2) is 7.05 Å². The molecule has 0 spiro atoms. The molecule has 0 saturated heterocycles. The molecule has 5 heteroatoms. The number of rotatable bonds is 1. The number of carboxylic acids is 1. The summed E-state index contributed by atoms with van der Waals surface area (Å²) < 4.78 is 0. The Labute approximate surface area is 108 Å². The number of nitrogens with zero attached hydrogens (tertiary/aromatic N) is 1. The Balaban J connectivity index is -0.000000179. The van der Waals surface area contributed by atoms with Crippen LogP contribution in [0.15, 0.2) is 48.6 Å². The van der Waals surface area contributed by atoms with Crippen LogP contribution in [-0.4, -0.2) is 23.0 Å². The minimum atomic E-state index is -0.891. The Hall–Kier alpha value is -2.17. The Kier molecular flexibility index (Phi) is 23.8. The number of carboxylic acid groups (broad SMARTS) is 1. The number of aliphatic carboxylic acids is 1. The van der Waals surface area contributed by atoms with Crippen LogP contribution in [0, 0.1) is 10.1 Å². The third-order valence-electron chi connectivity index (χ3n) is 0.976. The van der Waals surface area contributed by atoms with Gasteiger partial charge in [-0.05, 0) is 6.92 Å². The van der Waals surface area contributed by atoms with E-state index in [1.165, 1.54) is 6.08 Å². The molecule has 1 aromatic rings. The average Bonchev–Trinajstić information content (AvgIpc) is 2.34. The van der Waals surface area contributed by atoms with E-state index in [0.29, 0.717) is 0 Å². The van der Waals surface area contributed by atoms with Gasteiger partial charge in [0, 0.05) is 11.0 Å². The lowest BCUT2D eigenvalue weighted by Gasteiger charge is -1.69. The first-order chi connectivity index (χ1) is 8.50. The van der Waals surface area contributed by atoms with Crippen LogP contribution in [0.1, 0.15) is 20.8 Å². The van der Waals surface area contributed by atoms with Crippen LogP contribution >= 0.6 is 0 Å². The fraction of sp³-hybridized carbons (Fsp3) is 0.308. The first-order valence-corrected chi connectivity index (χ1v) is 5.44. The van der Waals surface area contributed by atoms with E-state index in [0.717, 1.165) is 13.1 Å². The number of carbonyl (C=O) groups is 1. The molecule has 102 valence electrons. The number of nitro groups is 1. The maximum atomic E-state index is 9.51. The topological polar surface area (TPSA) is 80.4 Å². The molecular formula is C13H21NO4. The second-order valence-corrected chi connectivity index (χ2v) is 2.43. The van der Waals surface area contributed by atoms with Gasteiger partial charge in [0.2, 0.25) is 0 Å². The van der Waals surface area contributed by atoms with Crippen molar-refractivity contribution in [1.82, 2.24) is 0 Å². The van der Waals surface area contributed by atoms with Crippen LogP contribution in [0.4, 0.5) is 0 Å². The molecule has 0 unspecified atom stereocenters. The van der Waals surface area contributed by atoms with Crippen molar-refractivity contribution in [3.05, 3.63) is 58.7 Å². The summed E-state index contributed by atoms with van der Waals surface area (Å²) in [5.41, 5.74) is 0. The Morgan fingerprint density at radius 2 is 1.33 bits per heavy atom. The second kappa shape index (κ2) is 20.3. The maximum Gasteiger partial charge on any atom is 0.327 e. The molecule has 0 aromatic heterocycles. The van der Waals surface area contributed by atoms with E-state index in [4.69, 9.17) is 15.2 Å². The van der Waals surface area contributed by atoms with Gasteiger partial charge in [-0.1, -0.05) is 56.3 Å². The summed E-state index contributed by atoms with van der Waals surface area (Å²) in [4.78, 5) is 17.8. The van der Waals surface area contributed by atoms with E-state index >= 15 is 0 Å². The van der Waals surface area contributed by atoms with Crippen molar-refractivity contribution < 1.29 is 14.8 Å². The van der Waals surface area contributed by atoms with Gasteiger partial charge in [-0.3, -0.25) is 10.1 Å². The quantitative estimate of drug-likeness (QED) is 0.474. The molecule has 0 atom stereocenters. The largest absolute Gasteiger partial charge is 0.478 e. The van der Waals surface area contributed by atoms with Gasteiger partial charge >= 0.3 is 5.97 Å². The minimum Gasteiger partial charge on any atom is -0.478 e. The Morgan fingerprint density at radius 3 is 1.39 bits per heavy atom. The fourth-order valence-electron chi connectivity index (χ4n) is 0.527. The van der Waals surface area contributed by atoms with E-state index < -0.39 is 10.9 Å². The third kappa shape index (κ3) is 48.8. The van der Waals surface area contributed by atoms with Gasteiger partial charge in [0.05, 0.1) is 0 Å². The van der Waals surface area contributed by atoms with Crippen molar-refractivity contribution in [2.24, 2.45) is 0 Å². The van der Waals surface area contributed by atoms with E-state index in [1.54, 1.807) is 6.92 Å². The molecule has 0 amide bonds. The van der Waals surface area contributed by atoms with E-state index in [-0.39, 0.29) is 0 Å². The highest BCUT2D eigenvalue weighted by Gasteiger charge is 1.76. The Bertz CT molecular complexity index is 279. The van der Waals surface area contributed by atoms with Gasteiger partial charge < -0.3 is 5.11 Å². The van der Waals surface area contributed by atoms with Gasteiger partial charge in [-0.25, -0.2) is 4.79 Å². The van der Waals surface area contributed by atoms with Crippen molar-refractivity contribution in [1.29, 1.82) is 0 Å². The maximum absolute atomic E-state index is 9.51. The number of hydrogen-bond donors (Lipinski definition) is 1. The van der Waals surface area contributed by atoms with Crippen molar-refractivity contribution in [3.63, 3.8) is 0 Å². The molecule has 0 heterocycles. The van der Waals surface area contributed by atoms with Crippen molar-refractivity contribution in [3.8, 4) is 0 Å². The monoisotopic (exact) mass is 255 g/mol. The minimum absolute atomic E-state index is 0.500. The van der Waals surface area contributed by atoms with Crippen LogP contribution in [-0.2, 0) is 4.79 Å². The summed E-state index contributed by atoms with van der Waals surface area (Å²) in [5, 5.41) is 16.6. The normalized spacial score (nSPS) is 7.56. The van der Waals surface area contributed by atoms with Crippen molar-refractivity contribution in [2.75, 3.05) is 7.05 Å². The van der Waals surface area contributed by atoms with Crippen molar-refractivity contribution in [2.45, 2.75) is 20.8 Å². The van der Waals surface area contributed by atoms with Gasteiger partial charge in [-0.15, -0.1) is 0 Å². The average molecular weight is 255 g/mol. The summed E-state index contributed by atoms with van der Waals surface area (Å²) in [5.74, 6) is -0.891. The van der Waals surface area contributed by atoms with Crippen LogP contribution < -0.4 is 0 Å². The van der Waals surface area contributed by atoms with Gasteiger partial charge in [0.1, 0.15) is 0 Å². The molecule has 1 N–H and O–H groups in total. The van der Waals surface area contributed by atoms with E-state index in [2.05, 4.69) is 0 Å². The molecule has 1 aromatic carbocycles. The smallest absolute Gasteiger partial charge is 0.327 e. The molecule has 0 aliphatic carbocycles. The van der Waals surface area contributed by atoms with Gasteiger partial charge in [0.25, 0.3) is 0 Å². The predicted octanol–water partition coefficient (Wildman–Crippen LogP) is 3.25. The third-order valence-corrected chi connectivity index (χ3v) is 0.976. The van der Waals surface area contributed by atoms with E-state index in [9.17, 15) is 4.79 Å². The fourth-order valence-corrected chi connectivity index (χ4v) is 0.527. The summed E-state index contributed by atoms with van der Waals surface area (Å²) in [6.45, 7) is 5.66. The highest BCUT2D eigenvalue weighted by Crippen LogP contribution is 1.79. The highest BCUT2D eigenvalue weighted by molar-refractivity contribution is 5.79. The molecule has 0 aliphatic heterocycles. The standard InChI is InChI=1S/C6H6.C4H6O2.C2H6.CH3NO2/c1-2-4-6-5-3-1;1-2-3-4(5)6;1-2;1-2(3)4/h1-6H;2-3H,1H3,(H,5,6);1-2H3;1H3. The summed E-state index contributed by atoms with van der Waals surface area (Å²) >= 11 is 0.